The van der Waals surface area contributed by atoms with Gasteiger partial charge in [0.2, 0.25) is 5.91 Å². The third-order valence-corrected chi connectivity index (χ3v) is 2.90. The Balaban J connectivity index is 2.00. The molecule has 1 amide bonds. The SMILES string of the molecule is CNC(=O)Cn1cc(NC(C)c2ccnn2C)cn1. The molecule has 0 bridgehead atoms. The Bertz CT molecular complexity index is 558. The third-order valence-electron chi connectivity index (χ3n) is 2.90. The lowest BCUT2D eigenvalue weighted by atomic mass is 10.2. The summed E-state index contributed by atoms with van der Waals surface area (Å²) in [5.74, 6) is -0.0747. The quantitative estimate of drug-likeness (QED) is 0.824. The molecule has 0 aliphatic rings. The standard InChI is InChI=1S/C12H18N6O/c1-9(11-4-5-14-17(11)3)16-10-6-15-18(7-10)8-12(19)13-2/h4-7,9,16H,8H2,1-3H3,(H,13,19). The Morgan fingerprint density at radius 2 is 2.26 bits per heavy atom. The van der Waals surface area contributed by atoms with Gasteiger partial charge in [-0.25, -0.2) is 0 Å². The summed E-state index contributed by atoms with van der Waals surface area (Å²) in [4.78, 5) is 11.2. The van der Waals surface area contributed by atoms with Gasteiger partial charge in [0.05, 0.1) is 23.6 Å². The molecule has 0 radical (unpaired) electrons. The van der Waals surface area contributed by atoms with Gasteiger partial charge in [-0.1, -0.05) is 0 Å². The number of aryl methyl sites for hydroxylation is 1. The third kappa shape index (κ3) is 3.12. The predicted octanol–water partition coefficient (Wildman–Crippen LogP) is 0.536. The van der Waals surface area contributed by atoms with Crippen LogP contribution in [0.15, 0.2) is 24.7 Å². The number of nitrogens with one attached hydrogen (secondary N) is 2. The fourth-order valence-electron chi connectivity index (χ4n) is 1.88. The highest BCUT2D eigenvalue weighted by atomic mass is 16.1. The van der Waals surface area contributed by atoms with Crippen LogP contribution in [0.1, 0.15) is 18.7 Å². The number of amides is 1. The predicted molar refractivity (Wildman–Crippen MR) is 71.5 cm³/mol. The van der Waals surface area contributed by atoms with E-state index in [0.29, 0.717) is 0 Å². The summed E-state index contributed by atoms with van der Waals surface area (Å²) in [6.07, 6.45) is 5.28. The monoisotopic (exact) mass is 262 g/mol. The van der Waals surface area contributed by atoms with Crippen molar-refractivity contribution in [3.8, 4) is 0 Å². The van der Waals surface area contributed by atoms with E-state index >= 15 is 0 Å². The Morgan fingerprint density at radius 3 is 2.89 bits per heavy atom. The molecule has 102 valence electrons. The number of nitrogens with zero attached hydrogens (tertiary/aromatic N) is 4. The molecule has 2 rings (SSSR count). The van der Waals surface area contributed by atoms with Gasteiger partial charge >= 0.3 is 0 Å². The fraction of sp³-hybridized carbons (Fsp3) is 0.417. The molecule has 0 aliphatic heterocycles. The van der Waals surface area contributed by atoms with Crippen LogP contribution in [0.25, 0.3) is 0 Å². The van der Waals surface area contributed by atoms with Crippen LogP contribution in [0.5, 0.6) is 0 Å². The summed E-state index contributed by atoms with van der Waals surface area (Å²) >= 11 is 0. The highest BCUT2D eigenvalue weighted by molar-refractivity contribution is 5.75. The zero-order chi connectivity index (χ0) is 13.8. The maximum Gasteiger partial charge on any atom is 0.241 e. The van der Waals surface area contributed by atoms with Gasteiger partial charge in [-0.2, -0.15) is 10.2 Å². The first kappa shape index (κ1) is 13.1. The highest BCUT2D eigenvalue weighted by Crippen LogP contribution is 2.17. The minimum atomic E-state index is -0.0747. The summed E-state index contributed by atoms with van der Waals surface area (Å²) in [6.45, 7) is 2.27. The molecule has 0 aliphatic carbocycles. The zero-order valence-electron chi connectivity index (χ0n) is 11.3. The number of carbonyl (C=O) groups excluding carboxylic acids is 1. The van der Waals surface area contributed by atoms with Crippen LogP contribution in [-0.4, -0.2) is 32.5 Å². The van der Waals surface area contributed by atoms with E-state index < -0.39 is 0 Å². The second-order valence-corrected chi connectivity index (χ2v) is 4.35. The second kappa shape index (κ2) is 5.55. The Hall–Kier alpha value is -2.31. The molecular weight excluding hydrogens is 244 g/mol. The van der Waals surface area contributed by atoms with E-state index in [1.54, 1.807) is 24.1 Å². The Kier molecular flexibility index (Phi) is 3.84. The van der Waals surface area contributed by atoms with Crippen molar-refractivity contribution in [2.45, 2.75) is 19.5 Å². The molecule has 2 aromatic rings. The molecule has 2 N–H and O–H groups in total. The normalized spacial score (nSPS) is 12.2. The molecule has 0 fully saturated rings. The van der Waals surface area contributed by atoms with Gasteiger partial charge in [-0.05, 0) is 13.0 Å². The molecule has 0 aromatic carbocycles. The van der Waals surface area contributed by atoms with Crippen LogP contribution >= 0.6 is 0 Å². The lowest BCUT2D eigenvalue weighted by Crippen LogP contribution is -2.23. The average molecular weight is 262 g/mol. The van der Waals surface area contributed by atoms with E-state index in [2.05, 4.69) is 20.8 Å². The van der Waals surface area contributed by atoms with E-state index in [-0.39, 0.29) is 18.5 Å². The molecule has 7 nitrogen and oxygen atoms in total. The molecule has 0 saturated heterocycles. The van der Waals surface area contributed by atoms with E-state index in [9.17, 15) is 4.79 Å². The molecule has 0 saturated carbocycles. The van der Waals surface area contributed by atoms with Crippen LogP contribution in [0.3, 0.4) is 0 Å². The van der Waals surface area contributed by atoms with E-state index in [1.807, 2.05) is 30.9 Å². The number of hydrogen-bond donors (Lipinski definition) is 2. The summed E-state index contributed by atoms with van der Waals surface area (Å²) in [7, 11) is 3.51. The van der Waals surface area contributed by atoms with Crippen LogP contribution < -0.4 is 10.6 Å². The average Bonchev–Trinajstić information content (AvgIpc) is 2.98. The van der Waals surface area contributed by atoms with Crippen molar-refractivity contribution in [1.82, 2.24) is 24.9 Å². The van der Waals surface area contributed by atoms with Crippen molar-refractivity contribution in [2.75, 3.05) is 12.4 Å². The van der Waals surface area contributed by atoms with Crippen molar-refractivity contribution in [3.05, 3.63) is 30.4 Å². The first-order valence-electron chi connectivity index (χ1n) is 6.07. The topological polar surface area (TPSA) is 76.8 Å². The van der Waals surface area contributed by atoms with Crippen LogP contribution in [0.2, 0.25) is 0 Å². The van der Waals surface area contributed by atoms with Crippen molar-refractivity contribution < 1.29 is 4.79 Å². The van der Waals surface area contributed by atoms with Gasteiger partial charge in [-0.3, -0.25) is 14.2 Å². The van der Waals surface area contributed by atoms with Crippen molar-refractivity contribution in [2.24, 2.45) is 7.05 Å². The van der Waals surface area contributed by atoms with Gasteiger partial charge in [0.15, 0.2) is 0 Å². The van der Waals surface area contributed by atoms with Gasteiger partial charge in [0.1, 0.15) is 6.54 Å². The van der Waals surface area contributed by atoms with E-state index in [1.165, 1.54) is 0 Å². The lowest BCUT2D eigenvalue weighted by molar-refractivity contribution is -0.121. The lowest BCUT2D eigenvalue weighted by Gasteiger charge is -2.13. The molecule has 7 heteroatoms. The Labute approximate surface area is 111 Å². The van der Waals surface area contributed by atoms with Gasteiger partial charge in [-0.15, -0.1) is 0 Å². The molecule has 1 unspecified atom stereocenters. The van der Waals surface area contributed by atoms with E-state index in [0.717, 1.165) is 11.4 Å². The number of rotatable bonds is 5. The van der Waals surface area contributed by atoms with Crippen molar-refractivity contribution in [3.63, 3.8) is 0 Å². The minimum absolute atomic E-state index is 0.0747. The largest absolute Gasteiger partial charge is 0.374 e. The molecule has 19 heavy (non-hydrogen) atoms. The molecule has 2 aromatic heterocycles. The molecule has 1 atom stereocenters. The van der Waals surface area contributed by atoms with E-state index in [4.69, 9.17) is 0 Å². The highest BCUT2D eigenvalue weighted by Gasteiger charge is 2.10. The second-order valence-electron chi connectivity index (χ2n) is 4.35. The molecular formula is C12H18N6O. The molecule has 2 heterocycles. The summed E-state index contributed by atoms with van der Waals surface area (Å²) in [6, 6.07) is 2.08. The first-order chi connectivity index (χ1) is 9.10. The fourth-order valence-corrected chi connectivity index (χ4v) is 1.88. The van der Waals surface area contributed by atoms with Crippen LogP contribution in [0.4, 0.5) is 5.69 Å². The minimum Gasteiger partial charge on any atom is -0.374 e. The smallest absolute Gasteiger partial charge is 0.241 e. The van der Waals surface area contributed by atoms with Gasteiger partial charge in [0.25, 0.3) is 0 Å². The Morgan fingerprint density at radius 1 is 1.47 bits per heavy atom. The maximum absolute atomic E-state index is 11.2. The summed E-state index contributed by atoms with van der Waals surface area (Å²) in [5.41, 5.74) is 1.96. The zero-order valence-corrected chi connectivity index (χ0v) is 11.3. The summed E-state index contributed by atoms with van der Waals surface area (Å²) < 4.78 is 3.42. The number of anilines is 1. The van der Waals surface area contributed by atoms with Crippen LogP contribution in [0, 0.1) is 0 Å². The van der Waals surface area contributed by atoms with Crippen LogP contribution in [-0.2, 0) is 18.4 Å². The number of carbonyl (C=O) groups is 1. The number of aromatic nitrogens is 4. The van der Waals surface area contributed by atoms with Gasteiger partial charge < -0.3 is 10.6 Å². The van der Waals surface area contributed by atoms with Crippen molar-refractivity contribution >= 4 is 11.6 Å². The molecule has 0 spiro atoms. The maximum atomic E-state index is 11.2. The first-order valence-corrected chi connectivity index (χ1v) is 6.07. The van der Waals surface area contributed by atoms with Gasteiger partial charge in [0, 0.05) is 26.5 Å². The number of likely N-dealkylation sites (N-methyl/N-ethyl adjacent to an activating group) is 1. The van der Waals surface area contributed by atoms with Crippen molar-refractivity contribution in [1.29, 1.82) is 0 Å². The number of hydrogen-bond acceptors (Lipinski definition) is 4. The summed E-state index contributed by atoms with van der Waals surface area (Å²) in [5, 5.41) is 14.2.